The number of rotatable bonds is 8. The number of ether oxygens (including phenoxy) is 1. The number of terminal acetylenes is 1. The summed E-state index contributed by atoms with van der Waals surface area (Å²) in [6, 6.07) is 9.73. The van der Waals surface area contributed by atoms with Crippen LogP contribution in [0.2, 0.25) is 0 Å². The first-order chi connectivity index (χ1) is 12.1. The van der Waals surface area contributed by atoms with Crippen LogP contribution in [-0.2, 0) is 0 Å². The molecule has 0 fully saturated rings. The van der Waals surface area contributed by atoms with Gasteiger partial charge in [-0.05, 0) is 42.2 Å². The Kier molecular flexibility index (Phi) is 7.01. The molecule has 1 atom stereocenters. The lowest BCUT2D eigenvalue weighted by Crippen LogP contribution is -2.11. The molecule has 0 aromatic heterocycles. The van der Waals surface area contributed by atoms with Gasteiger partial charge in [-0.1, -0.05) is 51.2 Å². The standard InChI is InChI=1S/C22H24F2O/c1-4-7-8-16(5-2)15-25-18-11-9-17(10-12-18)20-13-14-21(23)19(6-3)22(20)24/h3,9-14,16H,4-5,7-8,15H2,1-2H3. The zero-order valence-electron chi connectivity index (χ0n) is 14.8. The quantitative estimate of drug-likeness (QED) is 0.518. The third-order valence-electron chi connectivity index (χ3n) is 4.43. The van der Waals surface area contributed by atoms with Gasteiger partial charge in [0.05, 0.1) is 12.2 Å². The van der Waals surface area contributed by atoms with E-state index in [1.54, 1.807) is 24.3 Å². The van der Waals surface area contributed by atoms with E-state index in [0.717, 1.165) is 12.2 Å². The number of hydrogen-bond acceptors (Lipinski definition) is 1. The summed E-state index contributed by atoms with van der Waals surface area (Å²) >= 11 is 0. The van der Waals surface area contributed by atoms with E-state index in [0.29, 0.717) is 18.1 Å². The van der Waals surface area contributed by atoms with Gasteiger partial charge in [0.25, 0.3) is 0 Å². The highest BCUT2D eigenvalue weighted by atomic mass is 19.1. The molecule has 0 aliphatic heterocycles. The average molecular weight is 342 g/mol. The lowest BCUT2D eigenvalue weighted by molar-refractivity contribution is 0.233. The average Bonchev–Trinajstić information content (AvgIpc) is 2.63. The zero-order chi connectivity index (χ0) is 18.2. The van der Waals surface area contributed by atoms with Crippen LogP contribution < -0.4 is 4.74 Å². The molecule has 0 spiro atoms. The molecule has 0 saturated heterocycles. The first kappa shape index (κ1) is 19.0. The fraction of sp³-hybridized carbons (Fsp3) is 0.364. The SMILES string of the molecule is C#Cc1c(F)ccc(-c2ccc(OCC(CC)CCCC)cc2)c1F. The van der Waals surface area contributed by atoms with Crippen molar-refractivity contribution in [1.82, 2.24) is 0 Å². The summed E-state index contributed by atoms with van der Waals surface area (Å²) in [5.41, 5.74) is 0.592. The summed E-state index contributed by atoms with van der Waals surface area (Å²) in [4.78, 5) is 0. The minimum absolute atomic E-state index is 0.287. The second-order valence-electron chi connectivity index (χ2n) is 6.18. The normalized spacial score (nSPS) is 11.8. The highest BCUT2D eigenvalue weighted by Gasteiger charge is 2.13. The van der Waals surface area contributed by atoms with Crippen LogP contribution in [0.1, 0.15) is 45.1 Å². The van der Waals surface area contributed by atoms with Gasteiger partial charge in [0.15, 0.2) is 0 Å². The Hall–Kier alpha value is -2.34. The summed E-state index contributed by atoms with van der Waals surface area (Å²) in [7, 11) is 0. The van der Waals surface area contributed by atoms with Crippen molar-refractivity contribution in [1.29, 1.82) is 0 Å². The largest absolute Gasteiger partial charge is 0.493 e. The molecule has 0 saturated carbocycles. The molecule has 1 nitrogen and oxygen atoms in total. The highest BCUT2D eigenvalue weighted by molar-refractivity contribution is 5.67. The molecule has 0 bridgehead atoms. The van der Waals surface area contributed by atoms with E-state index in [2.05, 4.69) is 19.8 Å². The molecule has 2 aromatic rings. The van der Waals surface area contributed by atoms with Crippen LogP contribution in [0.3, 0.4) is 0 Å². The summed E-state index contributed by atoms with van der Waals surface area (Å²) in [6.07, 6.45) is 9.85. The molecule has 0 amide bonds. The molecule has 2 rings (SSSR count). The van der Waals surface area contributed by atoms with Crippen LogP contribution in [-0.4, -0.2) is 6.61 Å². The smallest absolute Gasteiger partial charge is 0.149 e. The molecule has 0 heterocycles. The number of halogens is 2. The maximum atomic E-state index is 14.3. The van der Waals surface area contributed by atoms with Crippen molar-refractivity contribution in [3.63, 3.8) is 0 Å². The van der Waals surface area contributed by atoms with Gasteiger partial charge in [-0.25, -0.2) is 8.78 Å². The lowest BCUT2D eigenvalue weighted by Gasteiger charge is -2.16. The van der Waals surface area contributed by atoms with Crippen molar-refractivity contribution in [3.05, 3.63) is 53.6 Å². The van der Waals surface area contributed by atoms with E-state index in [1.807, 2.05) is 0 Å². The zero-order valence-corrected chi connectivity index (χ0v) is 14.8. The maximum absolute atomic E-state index is 14.3. The van der Waals surface area contributed by atoms with Gasteiger partial charge in [0, 0.05) is 5.56 Å². The van der Waals surface area contributed by atoms with Crippen molar-refractivity contribution < 1.29 is 13.5 Å². The van der Waals surface area contributed by atoms with Gasteiger partial charge in [0.2, 0.25) is 0 Å². The summed E-state index contributed by atoms with van der Waals surface area (Å²) in [6.45, 7) is 5.04. The molecule has 3 heteroatoms. The highest BCUT2D eigenvalue weighted by Crippen LogP contribution is 2.28. The van der Waals surface area contributed by atoms with E-state index in [4.69, 9.17) is 11.2 Å². The molecule has 1 unspecified atom stereocenters. The van der Waals surface area contributed by atoms with E-state index in [-0.39, 0.29) is 11.1 Å². The van der Waals surface area contributed by atoms with Crippen LogP contribution >= 0.6 is 0 Å². The Balaban J connectivity index is 2.09. The molecule has 0 radical (unpaired) electrons. The van der Waals surface area contributed by atoms with Gasteiger partial charge in [-0.15, -0.1) is 6.42 Å². The summed E-state index contributed by atoms with van der Waals surface area (Å²) in [5, 5.41) is 0. The van der Waals surface area contributed by atoms with Crippen LogP contribution in [0.4, 0.5) is 8.78 Å². The van der Waals surface area contributed by atoms with Crippen molar-refractivity contribution in [2.45, 2.75) is 39.5 Å². The molecular formula is C22H24F2O. The first-order valence-corrected chi connectivity index (χ1v) is 8.78. The van der Waals surface area contributed by atoms with Crippen LogP contribution in [0.15, 0.2) is 36.4 Å². The van der Waals surface area contributed by atoms with E-state index in [9.17, 15) is 8.78 Å². The van der Waals surface area contributed by atoms with Crippen molar-refractivity contribution in [3.8, 4) is 29.2 Å². The maximum Gasteiger partial charge on any atom is 0.149 e. The van der Waals surface area contributed by atoms with E-state index < -0.39 is 11.6 Å². The van der Waals surface area contributed by atoms with Crippen LogP contribution in [0, 0.1) is 29.9 Å². The Bertz CT molecular complexity index is 729. The predicted octanol–water partition coefficient (Wildman–Crippen LogP) is 6.21. The van der Waals surface area contributed by atoms with Gasteiger partial charge in [-0.3, -0.25) is 0 Å². The first-order valence-electron chi connectivity index (χ1n) is 8.78. The Labute approximate surface area is 149 Å². The Morgan fingerprint density at radius 3 is 2.40 bits per heavy atom. The minimum Gasteiger partial charge on any atom is -0.493 e. The number of hydrogen-bond donors (Lipinski definition) is 0. The van der Waals surface area contributed by atoms with Crippen molar-refractivity contribution >= 4 is 0 Å². The van der Waals surface area contributed by atoms with E-state index >= 15 is 0 Å². The van der Waals surface area contributed by atoms with Crippen LogP contribution in [0.25, 0.3) is 11.1 Å². The van der Waals surface area contributed by atoms with Crippen molar-refractivity contribution in [2.75, 3.05) is 6.61 Å². The summed E-state index contributed by atoms with van der Waals surface area (Å²) < 4.78 is 33.7. The van der Waals surface area contributed by atoms with Gasteiger partial charge in [0.1, 0.15) is 17.4 Å². The molecule has 0 aliphatic rings. The molecule has 0 aliphatic carbocycles. The predicted molar refractivity (Wildman–Crippen MR) is 98.5 cm³/mol. The van der Waals surface area contributed by atoms with Gasteiger partial charge < -0.3 is 4.74 Å². The van der Waals surface area contributed by atoms with E-state index in [1.165, 1.54) is 31.4 Å². The van der Waals surface area contributed by atoms with Crippen molar-refractivity contribution in [2.24, 2.45) is 5.92 Å². The minimum atomic E-state index is -0.721. The second kappa shape index (κ2) is 9.22. The molecular weight excluding hydrogens is 318 g/mol. The summed E-state index contributed by atoms with van der Waals surface area (Å²) in [5.74, 6) is 1.94. The Morgan fingerprint density at radius 2 is 1.80 bits per heavy atom. The topological polar surface area (TPSA) is 9.23 Å². The molecule has 132 valence electrons. The Morgan fingerprint density at radius 1 is 1.08 bits per heavy atom. The molecule has 25 heavy (non-hydrogen) atoms. The number of benzene rings is 2. The van der Waals surface area contributed by atoms with Gasteiger partial charge >= 0.3 is 0 Å². The third-order valence-corrected chi connectivity index (χ3v) is 4.43. The molecule has 2 aromatic carbocycles. The fourth-order valence-electron chi connectivity index (χ4n) is 2.75. The fourth-order valence-corrected chi connectivity index (χ4v) is 2.75. The van der Waals surface area contributed by atoms with Crippen LogP contribution in [0.5, 0.6) is 5.75 Å². The second-order valence-corrected chi connectivity index (χ2v) is 6.18. The lowest BCUT2D eigenvalue weighted by atomic mass is 10.0. The third kappa shape index (κ3) is 4.82. The molecule has 0 N–H and O–H groups in total. The number of unbranched alkanes of at least 4 members (excludes halogenated alkanes) is 1. The monoisotopic (exact) mass is 342 g/mol. The van der Waals surface area contributed by atoms with Gasteiger partial charge in [-0.2, -0.15) is 0 Å².